The summed E-state index contributed by atoms with van der Waals surface area (Å²) in [5.41, 5.74) is -0.208. The second kappa shape index (κ2) is 7.51. The Morgan fingerprint density at radius 1 is 0.917 bits per heavy atom. The topological polar surface area (TPSA) is 49.8 Å². The third-order valence-electron chi connectivity index (χ3n) is 4.14. The molecule has 0 spiro atoms. The van der Waals surface area contributed by atoms with E-state index in [1.165, 1.54) is 31.9 Å². The number of aromatic nitrogens is 2. The van der Waals surface area contributed by atoms with Crippen molar-refractivity contribution in [2.24, 2.45) is 0 Å². The second-order valence-corrected chi connectivity index (χ2v) is 5.95. The van der Waals surface area contributed by atoms with Gasteiger partial charge in [0.15, 0.2) is 17.5 Å². The Kier molecular flexibility index (Phi) is 5.17. The molecule has 7 heteroatoms. The zero-order chi connectivity index (χ0) is 16.9. The molecule has 0 bridgehead atoms. The Morgan fingerprint density at radius 3 is 2.42 bits per heavy atom. The number of hydrogen-bond acceptors (Lipinski definition) is 4. The smallest absolute Gasteiger partial charge is 0.229 e. The van der Waals surface area contributed by atoms with Crippen molar-refractivity contribution in [3.63, 3.8) is 0 Å². The van der Waals surface area contributed by atoms with Crippen molar-refractivity contribution >= 4 is 17.5 Å². The van der Waals surface area contributed by atoms with E-state index in [9.17, 15) is 13.2 Å². The zero-order valence-electron chi connectivity index (χ0n) is 13.2. The highest BCUT2D eigenvalue weighted by Gasteiger charge is 2.15. The summed E-state index contributed by atoms with van der Waals surface area (Å²) >= 11 is 0. The van der Waals surface area contributed by atoms with Gasteiger partial charge in [-0.25, -0.2) is 18.2 Å². The number of nitrogens with one attached hydrogen (secondary N) is 2. The number of hydrogen-bond donors (Lipinski definition) is 2. The van der Waals surface area contributed by atoms with Crippen LogP contribution in [0.2, 0.25) is 0 Å². The number of benzene rings is 1. The SMILES string of the molecule is Fc1ccc(Nc2nccc(NC3CCCCCC3)n2)c(F)c1F. The summed E-state index contributed by atoms with van der Waals surface area (Å²) in [6.45, 7) is 0. The van der Waals surface area contributed by atoms with Crippen molar-refractivity contribution in [3.8, 4) is 0 Å². The van der Waals surface area contributed by atoms with Gasteiger partial charge in [0, 0.05) is 12.2 Å². The molecule has 0 amide bonds. The summed E-state index contributed by atoms with van der Waals surface area (Å²) in [5, 5.41) is 5.95. The van der Waals surface area contributed by atoms with E-state index < -0.39 is 17.5 Å². The van der Waals surface area contributed by atoms with Crippen LogP contribution in [0.3, 0.4) is 0 Å². The predicted octanol–water partition coefficient (Wildman–Crippen LogP) is 4.77. The Hall–Kier alpha value is -2.31. The number of halogens is 3. The first-order chi connectivity index (χ1) is 11.6. The maximum Gasteiger partial charge on any atom is 0.229 e. The average Bonchev–Trinajstić information content (AvgIpc) is 2.84. The Morgan fingerprint density at radius 2 is 1.67 bits per heavy atom. The molecule has 1 aromatic carbocycles. The predicted molar refractivity (Wildman–Crippen MR) is 86.7 cm³/mol. The molecule has 0 unspecified atom stereocenters. The molecule has 1 aliphatic rings. The standard InChI is InChI=1S/C17H19F3N4/c18-12-7-8-13(16(20)15(12)19)23-17-21-10-9-14(24-17)22-11-5-3-1-2-4-6-11/h7-11H,1-6H2,(H2,21,22,23,24). The first-order valence-corrected chi connectivity index (χ1v) is 8.13. The van der Waals surface area contributed by atoms with Crippen molar-refractivity contribution < 1.29 is 13.2 Å². The fourth-order valence-electron chi connectivity index (χ4n) is 2.88. The first kappa shape index (κ1) is 16.5. The third-order valence-corrected chi connectivity index (χ3v) is 4.14. The minimum atomic E-state index is -1.52. The molecular formula is C17H19F3N4. The van der Waals surface area contributed by atoms with Crippen LogP contribution in [0.1, 0.15) is 38.5 Å². The van der Waals surface area contributed by atoms with E-state index in [1.54, 1.807) is 6.07 Å². The molecular weight excluding hydrogens is 317 g/mol. The van der Waals surface area contributed by atoms with Gasteiger partial charge in [0.25, 0.3) is 0 Å². The van der Waals surface area contributed by atoms with E-state index in [0.29, 0.717) is 11.9 Å². The van der Waals surface area contributed by atoms with Crippen LogP contribution < -0.4 is 10.6 Å². The molecule has 2 aromatic rings. The summed E-state index contributed by atoms with van der Waals surface area (Å²) in [4.78, 5) is 8.26. The van der Waals surface area contributed by atoms with E-state index in [2.05, 4.69) is 20.6 Å². The van der Waals surface area contributed by atoms with Gasteiger partial charge in [0.1, 0.15) is 5.82 Å². The Bertz CT molecular complexity index is 700. The third kappa shape index (κ3) is 3.96. The van der Waals surface area contributed by atoms with Gasteiger partial charge in [0.2, 0.25) is 5.95 Å². The average molecular weight is 336 g/mol. The molecule has 1 aliphatic carbocycles. The minimum Gasteiger partial charge on any atom is -0.367 e. The minimum absolute atomic E-state index is 0.124. The lowest BCUT2D eigenvalue weighted by atomic mass is 10.1. The molecule has 0 radical (unpaired) electrons. The Balaban J connectivity index is 1.72. The van der Waals surface area contributed by atoms with Gasteiger partial charge in [-0.2, -0.15) is 4.98 Å². The van der Waals surface area contributed by atoms with Gasteiger partial charge in [-0.1, -0.05) is 25.7 Å². The van der Waals surface area contributed by atoms with Crippen molar-refractivity contribution in [1.29, 1.82) is 0 Å². The molecule has 1 heterocycles. The van der Waals surface area contributed by atoms with E-state index in [1.807, 2.05) is 0 Å². The summed E-state index contributed by atoms with van der Waals surface area (Å²) in [6.07, 6.45) is 8.59. The fraction of sp³-hybridized carbons (Fsp3) is 0.412. The Labute approximate surface area is 138 Å². The number of rotatable bonds is 4. The number of anilines is 3. The molecule has 128 valence electrons. The molecule has 2 N–H and O–H groups in total. The maximum absolute atomic E-state index is 13.7. The lowest BCUT2D eigenvalue weighted by molar-refractivity contribution is 0.449. The molecule has 1 aromatic heterocycles. The molecule has 1 fully saturated rings. The zero-order valence-corrected chi connectivity index (χ0v) is 13.2. The normalized spacial score (nSPS) is 15.8. The molecule has 0 atom stereocenters. The molecule has 1 saturated carbocycles. The van der Waals surface area contributed by atoms with Crippen LogP contribution in [-0.2, 0) is 0 Å². The summed E-state index contributed by atoms with van der Waals surface area (Å²) in [5.74, 6) is -3.29. The van der Waals surface area contributed by atoms with Crippen molar-refractivity contribution in [2.45, 2.75) is 44.6 Å². The lowest BCUT2D eigenvalue weighted by Gasteiger charge is -2.17. The van der Waals surface area contributed by atoms with E-state index >= 15 is 0 Å². The van der Waals surface area contributed by atoms with Gasteiger partial charge in [-0.05, 0) is 31.0 Å². The lowest BCUT2D eigenvalue weighted by Crippen LogP contribution is -2.19. The van der Waals surface area contributed by atoms with Gasteiger partial charge in [0.05, 0.1) is 5.69 Å². The summed E-state index contributed by atoms with van der Waals surface area (Å²) < 4.78 is 40.0. The van der Waals surface area contributed by atoms with Crippen molar-refractivity contribution in [2.75, 3.05) is 10.6 Å². The quantitative estimate of drug-likeness (QED) is 0.624. The highest BCUT2D eigenvalue weighted by molar-refractivity contribution is 5.55. The highest BCUT2D eigenvalue weighted by atomic mass is 19.2. The molecule has 4 nitrogen and oxygen atoms in total. The van der Waals surface area contributed by atoms with E-state index in [0.717, 1.165) is 25.0 Å². The second-order valence-electron chi connectivity index (χ2n) is 5.95. The van der Waals surface area contributed by atoms with E-state index in [4.69, 9.17) is 0 Å². The van der Waals surface area contributed by atoms with Crippen LogP contribution in [0.25, 0.3) is 0 Å². The monoisotopic (exact) mass is 336 g/mol. The van der Waals surface area contributed by atoms with Gasteiger partial charge in [-0.15, -0.1) is 0 Å². The van der Waals surface area contributed by atoms with Crippen molar-refractivity contribution in [3.05, 3.63) is 41.8 Å². The van der Waals surface area contributed by atoms with Crippen molar-refractivity contribution in [1.82, 2.24) is 9.97 Å². The van der Waals surface area contributed by atoms with Gasteiger partial charge >= 0.3 is 0 Å². The van der Waals surface area contributed by atoms with Crippen LogP contribution in [0.15, 0.2) is 24.4 Å². The molecule has 0 saturated heterocycles. The van der Waals surface area contributed by atoms with Crippen LogP contribution >= 0.6 is 0 Å². The van der Waals surface area contributed by atoms with Gasteiger partial charge in [-0.3, -0.25) is 0 Å². The van der Waals surface area contributed by atoms with Crippen LogP contribution in [0, 0.1) is 17.5 Å². The first-order valence-electron chi connectivity index (χ1n) is 8.13. The van der Waals surface area contributed by atoms with Crippen LogP contribution in [0.4, 0.5) is 30.6 Å². The van der Waals surface area contributed by atoms with Crippen LogP contribution in [-0.4, -0.2) is 16.0 Å². The largest absolute Gasteiger partial charge is 0.367 e. The summed E-state index contributed by atoms with van der Waals surface area (Å²) in [7, 11) is 0. The molecule has 24 heavy (non-hydrogen) atoms. The van der Waals surface area contributed by atoms with E-state index in [-0.39, 0.29) is 11.6 Å². The fourth-order valence-corrected chi connectivity index (χ4v) is 2.88. The van der Waals surface area contributed by atoms with Gasteiger partial charge < -0.3 is 10.6 Å². The maximum atomic E-state index is 13.7. The molecule has 3 rings (SSSR count). The number of nitrogens with zero attached hydrogens (tertiary/aromatic N) is 2. The summed E-state index contributed by atoms with van der Waals surface area (Å²) in [6, 6.07) is 4.06. The molecule has 0 aliphatic heterocycles. The van der Waals surface area contributed by atoms with Crippen LogP contribution in [0.5, 0.6) is 0 Å². The highest BCUT2D eigenvalue weighted by Crippen LogP contribution is 2.23.